The molecular formula is C14H26N2. The van der Waals surface area contributed by atoms with Crippen molar-refractivity contribution >= 4 is 0 Å². The van der Waals surface area contributed by atoms with Crippen molar-refractivity contribution in [3.8, 4) is 0 Å². The third-order valence-corrected chi connectivity index (χ3v) is 4.57. The van der Waals surface area contributed by atoms with E-state index in [0.717, 1.165) is 23.8 Å². The molecule has 1 aliphatic heterocycles. The zero-order valence-electron chi connectivity index (χ0n) is 10.6. The van der Waals surface area contributed by atoms with Crippen LogP contribution in [0.2, 0.25) is 0 Å². The van der Waals surface area contributed by atoms with Gasteiger partial charge in [0.15, 0.2) is 0 Å². The molecule has 2 unspecified atom stereocenters. The minimum atomic E-state index is 0.775. The molecule has 2 heteroatoms. The number of hydrogen-bond donors (Lipinski definition) is 1. The lowest BCUT2D eigenvalue weighted by Crippen LogP contribution is -2.41. The maximum atomic E-state index is 3.68. The summed E-state index contributed by atoms with van der Waals surface area (Å²) in [6.45, 7) is 7.75. The van der Waals surface area contributed by atoms with Crippen LogP contribution in [0, 0.1) is 17.8 Å². The van der Waals surface area contributed by atoms with Crippen LogP contribution in [0.25, 0.3) is 0 Å². The van der Waals surface area contributed by atoms with E-state index in [1.54, 1.807) is 0 Å². The average molecular weight is 222 g/mol. The molecule has 0 bridgehead atoms. The molecule has 2 aliphatic carbocycles. The van der Waals surface area contributed by atoms with Crippen LogP contribution in [-0.2, 0) is 0 Å². The molecule has 0 aromatic rings. The zero-order valence-corrected chi connectivity index (χ0v) is 10.6. The van der Waals surface area contributed by atoms with E-state index in [9.17, 15) is 0 Å². The molecule has 1 heterocycles. The van der Waals surface area contributed by atoms with E-state index in [1.807, 2.05) is 0 Å². The molecule has 0 amide bonds. The quantitative estimate of drug-likeness (QED) is 0.740. The van der Waals surface area contributed by atoms with Crippen LogP contribution in [0.1, 0.15) is 39.0 Å². The van der Waals surface area contributed by atoms with Crippen LogP contribution in [0.5, 0.6) is 0 Å². The summed E-state index contributed by atoms with van der Waals surface area (Å²) in [7, 11) is 0. The van der Waals surface area contributed by atoms with Gasteiger partial charge in [-0.2, -0.15) is 0 Å². The van der Waals surface area contributed by atoms with Crippen LogP contribution in [0.15, 0.2) is 0 Å². The first kappa shape index (κ1) is 11.0. The van der Waals surface area contributed by atoms with E-state index in [2.05, 4.69) is 17.1 Å². The molecule has 92 valence electrons. The van der Waals surface area contributed by atoms with Gasteiger partial charge in [0.05, 0.1) is 0 Å². The van der Waals surface area contributed by atoms with Crippen molar-refractivity contribution in [2.24, 2.45) is 17.8 Å². The van der Waals surface area contributed by atoms with Gasteiger partial charge in [-0.1, -0.05) is 6.92 Å². The van der Waals surface area contributed by atoms with Gasteiger partial charge in [0.1, 0.15) is 0 Å². The van der Waals surface area contributed by atoms with E-state index in [-0.39, 0.29) is 0 Å². The van der Waals surface area contributed by atoms with Crippen molar-refractivity contribution in [3.05, 3.63) is 0 Å². The molecule has 0 aromatic heterocycles. The second-order valence-corrected chi connectivity index (χ2v) is 6.43. The van der Waals surface area contributed by atoms with Gasteiger partial charge in [0.2, 0.25) is 0 Å². The summed E-state index contributed by atoms with van der Waals surface area (Å²) in [6.07, 6.45) is 7.36. The maximum absolute atomic E-state index is 3.68. The van der Waals surface area contributed by atoms with Crippen molar-refractivity contribution in [2.75, 3.05) is 26.2 Å². The van der Waals surface area contributed by atoms with Crippen LogP contribution in [-0.4, -0.2) is 37.1 Å². The van der Waals surface area contributed by atoms with Crippen LogP contribution in [0.4, 0.5) is 0 Å². The van der Waals surface area contributed by atoms with Gasteiger partial charge in [-0.3, -0.25) is 0 Å². The van der Waals surface area contributed by atoms with E-state index < -0.39 is 0 Å². The fourth-order valence-electron chi connectivity index (χ4n) is 2.98. The standard InChI is InChI=1S/C14H26N2/c1-11-6-7-15-14(11)10-16(8-12-2-3-12)9-13-4-5-13/h11-15H,2-10H2,1H3. The molecule has 3 aliphatic rings. The SMILES string of the molecule is CC1CCNC1CN(CC1CC1)CC1CC1. The Kier molecular flexibility index (Phi) is 3.21. The topological polar surface area (TPSA) is 15.3 Å². The van der Waals surface area contributed by atoms with E-state index >= 15 is 0 Å². The first-order valence-electron chi connectivity index (χ1n) is 7.27. The fourth-order valence-corrected chi connectivity index (χ4v) is 2.98. The summed E-state index contributed by atoms with van der Waals surface area (Å²) in [5, 5.41) is 3.68. The second-order valence-electron chi connectivity index (χ2n) is 6.43. The van der Waals surface area contributed by atoms with Crippen LogP contribution >= 0.6 is 0 Å². The van der Waals surface area contributed by atoms with E-state index in [1.165, 1.54) is 58.3 Å². The molecule has 2 nitrogen and oxygen atoms in total. The number of nitrogens with zero attached hydrogens (tertiary/aromatic N) is 1. The van der Waals surface area contributed by atoms with Crippen molar-refractivity contribution in [2.45, 2.75) is 45.1 Å². The largest absolute Gasteiger partial charge is 0.312 e. The summed E-state index contributed by atoms with van der Waals surface area (Å²) in [6, 6.07) is 0.775. The Hall–Kier alpha value is -0.0800. The Morgan fingerprint density at radius 1 is 0.938 bits per heavy atom. The van der Waals surface area contributed by atoms with Gasteiger partial charge >= 0.3 is 0 Å². The van der Waals surface area contributed by atoms with Gasteiger partial charge < -0.3 is 10.2 Å². The minimum Gasteiger partial charge on any atom is -0.312 e. The molecule has 2 atom stereocenters. The zero-order chi connectivity index (χ0) is 11.0. The van der Waals surface area contributed by atoms with Crippen molar-refractivity contribution in [3.63, 3.8) is 0 Å². The lowest BCUT2D eigenvalue weighted by atomic mass is 10.0. The molecule has 1 saturated heterocycles. The van der Waals surface area contributed by atoms with E-state index in [4.69, 9.17) is 0 Å². The van der Waals surface area contributed by atoms with Crippen molar-refractivity contribution in [1.29, 1.82) is 0 Å². The first-order chi connectivity index (χ1) is 7.81. The Bertz CT molecular complexity index is 219. The summed E-state index contributed by atoms with van der Waals surface area (Å²) < 4.78 is 0. The predicted octanol–water partition coefficient (Wildman–Crippen LogP) is 2.11. The number of nitrogens with one attached hydrogen (secondary N) is 1. The summed E-state index contributed by atoms with van der Waals surface area (Å²) in [4.78, 5) is 2.77. The van der Waals surface area contributed by atoms with Gasteiger partial charge in [-0.05, 0) is 56.4 Å². The summed E-state index contributed by atoms with van der Waals surface area (Å²) >= 11 is 0. The van der Waals surface area contributed by atoms with Gasteiger partial charge in [0, 0.05) is 25.7 Å². The van der Waals surface area contributed by atoms with Crippen molar-refractivity contribution < 1.29 is 0 Å². The number of hydrogen-bond acceptors (Lipinski definition) is 2. The fraction of sp³-hybridized carbons (Fsp3) is 1.00. The molecule has 3 fully saturated rings. The molecular weight excluding hydrogens is 196 g/mol. The molecule has 1 N–H and O–H groups in total. The highest BCUT2D eigenvalue weighted by Gasteiger charge is 2.32. The van der Waals surface area contributed by atoms with Crippen LogP contribution in [0.3, 0.4) is 0 Å². The lowest BCUT2D eigenvalue weighted by molar-refractivity contribution is 0.217. The Labute approximate surface area is 99.8 Å². The Morgan fingerprint density at radius 2 is 1.56 bits per heavy atom. The van der Waals surface area contributed by atoms with E-state index in [0.29, 0.717) is 0 Å². The van der Waals surface area contributed by atoms with Gasteiger partial charge in [-0.25, -0.2) is 0 Å². The number of rotatable bonds is 6. The molecule has 2 saturated carbocycles. The van der Waals surface area contributed by atoms with Crippen LogP contribution < -0.4 is 5.32 Å². The normalized spacial score (nSPS) is 34.9. The molecule has 0 radical (unpaired) electrons. The van der Waals surface area contributed by atoms with Gasteiger partial charge in [-0.15, -0.1) is 0 Å². The minimum absolute atomic E-state index is 0.775. The highest BCUT2D eigenvalue weighted by atomic mass is 15.2. The monoisotopic (exact) mass is 222 g/mol. The summed E-state index contributed by atoms with van der Waals surface area (Å²) in [5.41, 5.74) is 0. The average Bonchev–Trinajstić information content (AvgIpc) is 3.14. The Balaban J connectivity index is 1.49. The highest BCUT2D eigenvalue weighted by Crippen LogP contribution is 2.34. The predicted molar refractivity (Wildman–Crippen MR) is 67.5 cm³/mol. The van der Waals surface area contributed by atoms with Crippen molar-refractivity contribution in [1.82, 2.24) is 10.2 Å². The molecule has 0 spiro atoms. The summed E-state index contributed by atoms with van der Waals surface area (Å²) in [5.74, 6) is 2.99. The smallest absolute Gasteiger partial charge is 0.0221 e. The van der Waals surface area contributed by atoms with Gasteiger partial charge in [0.25, 0.3) is 0 Å². The molecule has 16 heavy (non-hydrogen) atoms. The molecule has 3 rings (SSSR count). The maximum Gasteiger partial charge on any atom is 0.0221 e. The third-order valence-electron chi connectivity index (χ3n) is 4.57. The molecule has 0 aromatic carbocycles. The first-order valence-corrected chi connectivity index (χ1v) is 7.27. The second kappa shape index (κ2) is 4.66. The Morgan fingerprint density at radius 3 is 2.00 bits per heavy atom. The lowest BCUT2D eigenvalue weighted by Gasteiger charge is -2.27. The highest BCUT2D eigenvalue weighted by molar-refractivity contribution is 4.88. The third kappa shape index (κ3) is 2.98.